The molecule has 6 rings (SSSR count). The summed E-state index contributed by atoms with van der Waals surface area (Å²) < 4.78 is 22.2. The molecule has 1 atom stereocenters. The average molecular weight is 656 g/mol. The number of piperidine rings is 1. The predicted molar refractivity (Wildman–Crippen MR) is 182 cm³/mol. The van der Waals surface area contributed by atoms with Crippen molar-refractivity contribution in [3.05, 3.63) is 58.7 Å². The van der Waals surface area contributed by atoms with Crippen molar-refractivity contribution in [1.82, 2.24) is 19.5 Å². The number of halogens is 1. The molecular weight excluding hydrogens is 614 g/mol. The Kier molecular flexibility index (Phi) is 9.75. The largest absolute Gasteiger partial charge is 0.389 e. The first-order valence-corrected chi connectivity index (χ1v) is 17.9. The van der Waals surface area contributed by atoms with E-state index in [-0.39, 0.29) is 17.9 Å². The Morgan fingerprint density at radius 1 is 1.18 bits per heavy atom. The van der Waals surface area contributed by atoms with Crippen molar-refractivity contribution >= 4 is 56.6 Å². The third kappa shape index (κ3) is 6.76. The van der Waals surface area contributed by atoms with Gasteiger partial charge in [-0.25, -0.2) is 8.93 Å². The molecule has 3 heterocycles. The highest BCUT2D eigenvalue weighted by Crippen LogP contribution is 2.52. The van der Waals surface area contributed by atoms with E-state index in [2.05, 4.69) is 37.8 Å². The van der Waals surface area contributed by atoms with E-state index >= 15 is 0 Å². The van der Waals surface area contributed by atoms with Crippen molar-refractivity contribution in [3.8, 4) is 11.1 Å². The van der Waals surface area contributed by atoms with E-state index in [1.54, 1.807) is 6.26 Å². The Hall–Kier alpha value is -2.34. The zero-order valence-electron chi connectivity index (χ0n) is 25.3. The van der Waals surface area contributed by atoms with Crippen molar-refractivity contribution in [2.45, 2.75) is 51.1 Å². The first-order chi connectivity index (χ1) is 21.2. The summed E-state index contributed by atoms with van der Waals surface area (Å²) in [4.78, 5) is 16.0. The number of rotatable bonds is 10. The summed E-state index contributed by atoms with van der Waals surface area (Å²) in [7, 11) is -0.965. The number of hydrogen-bond acceptors (Lipinski definition) is 5. The lowest BCUT2D eigenvalue weighted by Crippen LogP contribution is -2.51. The molecule has 0 radical (unpaired) electrons. The highest BCUT2D eigenvalue weighted by atomic mass is 35.5. The van der Waals surface area contributed by atoms with E-state index < -0.39 is 11.0 Å². The van der Waals surface area contributed by atoms with Crippen LogP contribution in [0, 0.1) is 11.3 Å². The van der Waals surface area contributed by atoms with Gasteiger partial charge < -0.3 is 25.3 Å². The SMILES string of the molecule is CS(=O)NCCN1CCC2(CC1)CC(C(=O)NCc1ccc3c(-c4cccc(C(N)=S)c4)cn(C4CCOCC4)c3c1Cl)C2. The topological polar surface area (TPSA) is 102 Å². The smallest absolute Gasteiger partial charge is 0.223 e. The average Bonchev–Trinajstić information content (AvgIpc) is 3.41. The molecule has 1 saturated carbocycles. The number of ether oxygens (including phenoxy) is 1. The Morgan fingerprint density at radius 2 is 1.93 bits per heavy atom. The monoisotopic (exact) mass is 655 g/mol. The van der Waals surface area contributed by atoms with Gasteiger partial charge in [0.1, 0.15) is 4.99 Å². The normalized spacial score (nSPS) is 20.0. The zero-order valence-corrected chi connectivity index (χ0v) is 27.7. The second kappa shape index (κ2) is 13.6. The lowest BCUT2D eigenvalue weighted by atomic mass is 9.57. The molecule has 1 aliphatic carbocycles. The van der Waals surface area contributed by atoms with Crippen LogP contribution < -0.4 is 15.8 Å². The number of nitrogens with zero attached hydrogens (tertiary/aromatic N) is 2. The van der Waals surface area contributed by atoms with Crippen LogP contribution in [0.15, 0.2) is 42.6 Å². The van der Waals surface area contributed by atoms with Crippen LogP contribution in [0.4, 0.5) is 0 Å². The molecular formula is C33H42ClN5O3S2. The summed E-state index contributed by atoms with van der Waals surface area (Å²) >= 11 is 12.4. The summed E-state index contributed by atoms with van der Waals surface area (Å²) in [6.07, 6.45) is 9.87. The van der Waals surface area contributed by atoms with Gasteiger partial charge in [0, 0.05) is 73.8 Å². The van der Waals surface area contributed by atoms with Crippen LogP contribution >= 0.6 is 23.8 Å². The lowest BCUT2D eigenvalue weighted by molar-refractivity contribution is -0.135. The molecule has 1 aromatic heterocycles. The van der Waals surface area contributed by atoms with Crippen molar-refractivity contribution in [1.29, 1.82) is 0 Å². The maximum absolute atomic E-state index is 13.2. The lowest BCUT2D eigenvalue weighted by Gasteiger charge is -2.51. The van der Waals surface area contributed by atoms with Crippen LogP contribution in [-0.2, 0) is 27.1 Å². The quantitative estimate of drug-likeness (QED) is 0.268. The molecule has 1 amide bonds. The van der Waals surface area contributed by atoms with E-state index in [0.29, 0.717) is 22.0 Å². The minimum atomic E-state index is -0.965. The number of likely N-dealkylation sites (tertiary alicyclic amines) is 1. The van der Waals surface area contributed by atoms with Gasteiger partial charge in [0.2, 0.25) is 5.91 Å². The number of carbonyl (C=O) groups excluding carboxylic acids is 1. The van der Waals surface area contributed by atoms with Gasteiger partial charge in [0.05, 0.1) is 21.5 Å². The highest BCUT2D eigenvalue weighted by Gasteiger charge is 2.48. The number of fused-ring (bicyclic) bond motifs is 1. The fourth-order valence-electron chi connectivity index (χ4n) is 7.31. The standard InChI is InChI=1S/C33H42ClN5O3S2/c1-44(41)37-11-14-38-12-9-33(10-13-38)18-25(19-33)32(40)36-20-24-5-6-27-28(22-3-2-4-23(17-22)31(35)43)21-39(30(27)29(24)34)26-7-15-42-16-8-26/h2-6,17,21,25-26,37H,7-16,18-20H2,1H3,(H2,35,43)(H,36,40). The van der Waals surface area contributed by atoms with E-state index in [1.807, 2.05) is 24.3 Å². The fraction of sp³-hybridized carbons (Fsp3) is 0.515. The van der Waals surface area contributed by atoms with Gasteiger partial charge in [-0.1, -0.05) is 54.2 Å². The summed E-state index contributed by atoms with van der Waals surface area (Å²) in [5.41, 5.74) is 11.1. The molecule has 0 bridgehead atoms. The first kappa shape index (κ1) is 31.6. The molecule has 11 heteroatoms. The minimum absolute atomic E-state index is 0.0619. The summed E-state index contributed by atoms with van der Waals surface area (Å²) in [6.45, 7) is 5.60. The van der Waals surface area contributed by atoms with Gasteiger partial charge in [0.25, 0.3) is 0 Å². The number of thiocarbonyl (C=S) groups is 1. The Morgan fingerprint density at radius 3 is 2.64 bits per heavy atom. The van der Waals surface area contributed by atoms with Crippen LogP contribution in [0.1, 0.15) is 55.7 Å². The maximum Gasteiger partial charge on any atom is 0.223 e. The first-order valence-electron chi connectivity index (χ1n) is 15.6. The highest BCUT2D eigenvalue weighted by molar-refractivity contribution is 7.82. The van der Waals surface area contributed by atoms with Gasteiger partial charge >= 0.3 is 0 Å². The van der Waals surface area contributed by atoms with Crippen molar-refractivity contribution in [2.75, 3.05) is 45.6 Å². The minimum Gasteiger partial charge on any atom is -0.389 e. The predicted octanol–water partition coefficient (Wildman–Crippen LogP) is 4.94. The Balaban J connectivity index is 1.14. The van der Waals surface area contributed by atoms with Gasteiger partial charge in [-0.15, -0.1) is 0 Å². The van der Waals surface area contributed by atoms with Crippen LogP contribution in [0.5, 0.6) is 0 Å². The zero-order chi connectivity index (χ0) is 30.8. The molecule has 2 saturated heterocycles. The summed E-state index contributed by atoms with van der Waals surface area (Å²) in [5, 5.41) is 4.96. The van der Waals surface area contributed by atoms with E-state index in [0.717, 1.165) is 111 Å². The third-order valence-corrected chi connectivity index (χ3v) is 11.2. The summed E-state index contributed by atoms with van der Waals surface area (Å²) in [5.74, 6) is 0.186. The van der Waals surface area contributed by atoms with Crippen LogP contribution in [0.3, 0.4) is 0 Å². The maximum atomic E-state index is 13.2. The Bertz CT molecular complexity index is 1550. The molecule has 2 aliphatic heterocycles. The second-order valence-electron chi connectivity index (χ2n) is 12.7. The van der Waals surface area contributed by atoms with Gasteiger partial charge in [-0.2, -0.15) is 0 Å². The number of benzene rings is 2. The number of nitrogens with one attached hydrogen (secondary N) is 2. The van der Waals surface area contributed by atoms with Crippen LogP contribution in [0.2, 0.25) is 5.02 Å². The van der Waals surface area contributed by atoms with Crippen LogP contribution in [-0.4, -0.2) is 70.2 Å². The van der Waals surface area contributed by atoms with Crippen molar-refractivity contribution < 1.29 is 13.7 Å². The van der Waals surface area contributed by atoms with Gasteiger partial charge in [-0.05, 0) is 74.2 Å². The molecule has 44 heavy (non-hydrogen) atoms. The Labute approximate surface area is 272 Å². The molecule has 2 aromatic carbocycles. The van der Waals surface area contributed by atoms with Crippen LogP contribution in [0.25, 0.3) is 22.0 Å². The molecule has 3 aliphatic rings. The number of nitrogens with two attached hydrogens (primary N) is 1. The number of amides is 1. The molecule has 236 valence electrons. The molecule has 3 fully saturated rings. The van der Waals surface area contributed by atoms with Gasteiger partial charge in [-0.3, -0.25) is 4.79 Å². The third-order valence-electron chi connectivity index (χ3n) is 9.89. The van der Waals surface area contributed by atoms with Gasteiger partial charge in [0.15, 0.2) is 0 Å². The second-order valence-corrected chi connectivity index (χ2v) is 14.7. The molecule has 1 unspecified atom stereocenters. The molecule has 8 nitrogen and oxygen atoms in total. The van der Waals surface area contributed by atoms with Crippen molar-refractivity contribution in [2.24, 2.45) is 17.1 Å². The number of carbonyl (C=O) groups is 1. The van der Waals surface area contributed by atoms with Crippen molar-refractivity contribution in [3.63, 3.8) is 0 Å². The summed E-state index contributed by atoms with van der Waals surface area (Å²) in [6, 6.07) is 12.5. The van der Waals surface area contributed by atoms with E-state index in [9.17, 15) is 9.00 Å². The number of hydrogen-bond donors (Lipinski definition) is 3. The fourth-order valence-corrected chi connectivity index (χ4v) is 8.15. The van der Waals surface area contributed by atoms with E-state index in [1.165, 1.54) is 0 Å². The molecule has 3 aromatic rings. The molecule has 1 spiro atoms. The van der Waals surface area contributed by atoms with E-state index in [4.69, 9.17) is 34.3 Å². The molecule has 4 N–H and O–H groups in total. The number of aromatic nitrogens is 1.